The van der Waals surface area contributed by atoms with Gasteiger partial charge in [-0.1, -0.05) is 6.07 Å². The number of hydrogen-bond donors (Lipinski definition) is 1. The first-order valence-electron chi connectivity index (χ1n) is 7.18. The van der Waals surface area contributed by atoms with E-state index in [2.05, 4.69) is 34.4 Å². The number of pyridine rings is 1. The minimum Gasteiger partial charge on any atom is -0.468 e. The number of rotatable bonds is 7. The zero-order valence-electron chi connectivity index (χ0n) is 11.9. The summed E-state index contributed by atoms with van der Waals surface area (Å²) in [4.78, 5) is 6.62. The molecule has 2 heterocycles. The van der Waals surface area contributed by atoms with E-state index in [-0.39, 0.29) is 0 Å². The molecule has 1 N–H and O–H groups in total. The first-order valence-corrected chi connectivity index (χ1v) is 7.18. The highest BCUT2D eigenvalue weighted by Gasteiger charge is 2.21. The molecule has 0 atom stereocenters. The lowest BCUT2D eigenvalue weighted by Gasteiger charge is -2.16. The molecule has 1 fully saturated rings. The highest BCUT2D eigenvalue weighted by Crippen LogP contribution is 2.20. The second-order valence-corrected chi connectivity index (χ2v) is 5.52. The molecular weight excluding hydrogens is 250 g/mol. The third kappa shape index (κ3) is 3.68. The van der Waals surface area contributed by atoms with Gasteiger partial charge in [-0.3, -0.25) is 9.88 Å². The molecule has 2 aromatic heterocycles. The van der Waals surface area contributed by atoms with E-state index in [1.165, 1.54) is 18.4 Å². The van der Waals surface area contributed by atoms with Crippen LogP contribution in [0.3, 0.4) is 0 Å². The summed E-state index contributed by atoms with van der Waals surface area (Å²) in [6, 6.07) is 8.81. The third-order valence-corrected chi connectivity index (χ3v) is 3.56. The predicted octanol–water partition coefficient (Wildman–Crippen LogP) is 2.56. The number of nitrogens with zero attached hydrogens (tertiary/aromatic N) is 2. The van der Waals surface area contributed by atoms with Gasteiger partial charge in [-0.25, -0.2) is 0 Å². The minimum atomic E-state index is 0.708. The molecule has 0 aromatic carbocycles. The van der Waals surface area contributed by atoms with Gasteiger partial charge >= 0.3 is 0 Å². The summed E-state index contributed by atoms with van der Waals surface area (Å²) in [5, 5.41) is 3.50. The van der Waals surface area contributed by atoms with Crippen molar-refractivity contribution in [3.8, 4) is 0 Å². The zero-order chi connectivity index (χ0) is 13.8. The van der Waals surface area contributed by atoms with E-state index in [1.54, 1.807) is 6.26 Å². The monoisotopic (exact) mass is 271 g/mol. The molecule has 0 unspecified atom stereocenters. The third-order valence-electron chi connectivity index (χ3n) is 3.56. The summed E-state index contributed by atoms with van der Waals surface area (Å²) in [6.07, 6.45) is 6.23. The van der Waals surface area contributed by atoms with E-state index >= 15 is 0 Å². The standard InChI is InChI=1S/C16H21N3O/c1-19(12-15-4-2-3-8-17-15)11-13-7-9-20-16(13)10-18-14-5-6-14/h2-4,7-9,14,18H,5-6,10-12H2,1H3. The Morgan fingerprint density at radius 2 is 2.20 bits per heavy atom. The Kier molecular flexibility index (Phi) is 4.14. The van der Waals surface area contributed by atoms with Gasteiger partial charge < -0.3 is 9.73 Å². The zero-order valence-corrected chi connectivity index (χ0v) is 11.9. The second kappa shape index (κ2) is 6.20. The fraction of sp³-hybridized carbons (Fsp3) is 0.438. The molecule has 2 aromatic rings. The highest BCUT2D eigenvalue weighted by atomic mass is 16.3. The van der Waals surface area contributed by atoms with Gasteiger partial charge in [0.05, 0.1) is 18.5 Å². The van der Waals surface area contributed by atoms with Crippen LogP contribution in [0, 0.1) is 0 Å². The van der Waals surface area contributed by atoms with Gasteiger partial charge in [-0.05, 0) is 38.1 Å². The normalized spacial score (nSPS) is 14.9. The van der Waals surface area contributed by atoms with E-state index in [4.69, 9.17) is 4.42 Å². The summed E-state index contributed by atoms with van der Waals surface area (Å²) in [5.41, 5.74) is 2.35. The van der Waals surface area contributed by atoms with Gasteiger partial charge in [0, 0.05) is 30.9 Å². The van der Waals surface area contributed by atoms with Gasteiger partial charge in [-0.15, -0.1) is 0 Å². The first-order chi connectivity index (χ1) is 9.81. The molecule has 106 valence electrons. The molecule has 4 nitrogen and oxygen atoms in total. The molecule has 1 saturated carbocycles. The van der Waals surface area contributed by atoms with Gasteiger partial charge in [-0.2, -0.15) is 0 Å². The van der Waals surface area contributed by atoms with Crippen LogP contribution in [0.1, 0.15) is 29.9 Å². The second-order valence-electron chi connectivity index (χ2n) is 5.52. The minimum absolute atomic E-state index is 0.708. The molecule has 0 spiro atoms. The molecular formula is C16H21N3O. The number of nitrogens with one attached hydrogen (secondary N) is 1. The van der Waals surface area contributed by atoms with E-state index < -0.39 is 0 Å². The van der Waals surface area contributed by atoms with Crippen LogP contribution in [0.5, 0.6) is 0 Å². The number of hydrogen-bond acceptors (Lipinski definition) is 4. The van der Waals surface area contributed by atoms with Crippen molar-refractivity contribution in [1.29, 1.82) is 0 Å². The van der Waals surface area contributed by atoms with Crippen molar-refractivity contribution in [1.82, 2.24) is 15.2 Å². The van der Waals surface area contributed by atoms with Crippen LogP contribution in [0.15, 0.2) is 41.1 Å². The maximum atomic E-state index is 5.59. The lowest BCUT2D eigenvalue weighted by Crippen LogP contribution is -2.20. The summed E-state index contributed by atoms with van der Waals surface area (Å²) >= 11 is 0. The quantitative estimate of drug-likeness (QED) is 0.840. The van der Waals surface area contributed by atoms with Crippen LogP contribution in [0.25, 0.3) is 0 Å². The van der Waals surface area contributed by atoms with Crippen molar-refractivity contribution >= 4 is 0 Å². The van der Waals surface area contributed by atoms with Crippen LogP contribution >= 0.6 is 0 Å². The number of aromatic nitrogens is 1. The Morgan fingerprint density at radius 1 is 1.30 bits per heavy atom. The van der Waals surface area contributed by atoms with Crippen LogP contribution in [0.2, 0.25) is 0 Å². The number of furan rings is 1. The lowest BCUT2D eigenvalue weighted by atomic mass is 10.2. The van der Waals surface area contributed by atoms with Crippen molar-refractivity contribution in [3.05, 3.63) is 53.7 Å². The molecule has 3 rings (SSSR count). The maximum Gasteiger partial charge on any atom is 0.122 e. The molecule has 0 radical (unpaired) electrons. The fourth-order valence-electron chi connectivity index (χ4n) is 2.30. The smallest absolute Gasteiger partial charge is 0.122 e. The van der Waals surface area contributed by atoms with Crippen molar-refractivity contribution in [3.63, 3.8) is 0 Å². The van der Waals surface area contributed by atoms with Crippen molar-refractivity contribution in [2.45, 2.75) is 38.5 Å². The molecule has 4 heteroatoms. The predicted molar refractivity (Wildman–Crippen MR) is 78.0 cm³/mol. The van der Waals surface area contributed by atoms with Crippen LogP contribution in [-0.4, -0.2) is 23.0 Å². The van der Waals surface area contributed by atoms with Gasteiger partial charge in [0.15, 0.2) is 0 Å². The topological polar surface area (TPSA) is 41.3 Å². The van der Waals surface area contributed by atoms with Gasteiger partial charge in [0.25, 0.3) is 0 Å². The van der Waals surface area contributed by atoms with Crippen molar-refractivity contribution < 1.29 is 4.42 Å². The molecule has 1 aliphatic rings. The SMILES string of the molecule is CN(Cc1ccccn1)Cc1ccoc1CNC1CC1. The van der Waals surface area contributed by atoms with E-state index in [0.29, 0.717) is 6.04 Å². The summed E-state index contributed by atoms with van der Waals surface area (Å²) in [5.74, 6) is 1.06. The lowest BCUT2D eigenvalue weighted by molar-refractivity contribution is 0.311. The summed E-state index contributed by atoms with van der Waals surface area (Å²) in [7, 11) is 2.11. The Bertz CT molecular complexity index is 534. The Morgan fingerprint density at radius 3 is 2.95 bits per heavy atom. The molecule has 0 aliphatic heterocycles. The Labute approximate surface area is 119 Å². The summed E-state index contributed by atoms with van der Waals surface area (Å²) in [6.45, 7) is 2.57. The van der Waals surface area contributed by atoms with Crippen LogP contribution in [0.4, 0.5) is 0 Å². The van der Waals surface area contributed by atoms with E-state index in [1.807, 2.05) is 18.3 Å². The van der Waals surface area contributed by atoms with Crippen LogP contribution < -0.4 is 5.32 Å². The van der Waals surface area contributed by atoms with Crippen LogP contribution in [-0.2, 0) is 19.6 Å². The first kappa shape index (κ1) is 13.3. The van der Waals surface area contributed by atoms with Gasteiger partial charge in [0.2, 0.25) is 0 Å². The Balaban J connectivity index is 1.55. The molecule has 1 aliphatic carbocycles. The van der Waals surface area contributed by atoms with Gasteiger partial charge in [0.1, 0.15) is 5.76 Å². The van der Waals surface area contributed by atoms with E-state index in [9.17, 15) is 0 Å². The molecule has 0 saturated heterocycles. The van der Waals surface area contributed by atoms with E-state index in [0.717, 1.165) is 31.1 Å². The Hall–Kier alpha value is -1.65. The fourth-order valence-corrected chi connectivity index (χ4v) is 2.30. The summed E-state index contributed by atoms with van der Waals surface area (Å²) < 4.78 is 5.59. The average Bonchev–Trinajstić information content (AvgIpc) is 3.18. The molecule has 20 heavy (non-hydrogen) atoms. The molecule has 0 bridgehead atoms. The maximum absolute atomic E-state index is 5.59. The highest BCUT2D eigenvalue weighted by molar-refractivity contribution is 5.17. The average molecular weight is 271 g/mol. The van der Waals surface area contributed by atoms with Crippen molar-refractivity contribution in [2.24, 2.45) is 0 Å². The largest absolute Gasteiger partial charge is 0.468 e. The van der Waals surface area contributed by atoms with Crippen molar-refractivity contribution in [2.75, 3.05) is 7.05 Å². The molecule has 0 amide bonds.